The summed E-state index contributed by atoms with van der Waals surface area (Å²) in [4.78, 5) is 0. The summed E-state index contributed by atoms with van der Waals surface area (Å²) < 4.78 is 0. The molecule has 15 heavy (non-hydrogen) atoms. The molecule has 1 fully saturated rings. The van der Waals surface area contributed by atoms with Crippen molar-refractivity contribution in [1.29, 1.82) is 0 Å². The Hall–Kier alpha value is 0. The van der Waals surface area contributed by atoms with E-state index >= 15 is 0 Å². The molecule has 0 aromatic rings. The molecule has 0 aliphatic heterocycles. The summed E-state index contributed by atoms with van der Waals surface area (Å²) in [5.74, 6) is 2.02. The second kappa shape index (κ2) is 8.19. The molecule has 0 amide bonds. The van der Waals surface area contributed by atoms with Crippen LogP contribution in [-0.4, -0.2) is 0 Å². The molecular weight excluding hydrogens is 180 g/mol. The lowest BCUT2D eigenvalue weighted by Gasteiger charge is -2.08. The van der Waals surface area contributed by atoms with Crippen molar-refractivity contribution < 1.29 is 0 Å². The van der Waals surface area contributed by atoms with Crippen LogP contribution in [0, 0.1) is 11.8 Å². The lowest BCUT2D eigenvalue weighted by Crippen LogP contribution is -1.93. The number of unbranched alkanes of at least 4 members (excludes halogenated alkanes) is 4. The Morgan fingerprint density at radius 1 is 0.867 bits per heavy atom. The molecule has 0 heteroatoms. The summed E-state index contributed by atoms with van der Waals surface area (Å²) in [6, 6.07) is 0. The third-order valence-electron chi connectivity index (χ3n) is 3.87. The number of hydrogen-bond acceptors (Lipinski definition) is 0. The molecule has 0 bridgehead atoms. The Labute approximate surface area is 96.8 Å². The maximum Gasteiger partial charge on any atom is -0.0414 e. The van der Waals surface area contributed by atoms with Crippen molar-refractivity contribution in [3.63, 3.8) is 0 Å². The van der Waals surface area contributed by atoms with Crippen LogP contribution in [0.2, 0.25) is 0 Å². The molecule has 1 aliphatic rings. The molecule has 90 valence electrons. The molecule has 0 nitrogen and oxygen atoms in total. The molecule has 0 aromatic heterocycles. The molecule has 1 saturated carbocycles. The van der Waals surface area contributed by atoms with Crippen LogP contribution in [-0.2, 0) is 0 Å². The molecule has 0 spiro atoms. The van der Waals surface area contributed by atoms with E-state index < -0.39 is 0 Å². The topological polar surface area (TPSA) is 0 Å². The molecule has 1 rings (SSSR count). The van der Waals surface area contributed by atoms with E-state index in [1.54, 1.807) is 0 Å². The fraction of sp³-hybridized carbons (Fsp3) is 1.00. The van der Waals surface area contributed by atoms with Crippen molar-refractivity contribution in [2.75, 3.05) is 0 Å². The first kappa shape index (κ1) is 13.1. The predicted molar refractivity (Wildman–Crippen MR) is 69.1 cm³/mol. The summed E-state index contributed by atoms with van der Waals surface area (Å²) in [5.41, 5.74) is 0. The number of hydrogen-bond donors (Lipinski definition) is 0. The van der Waals surface area contributed by atoms with Crippen LogP contribution in [0.1, 0.15) is 84.5 Å². The van der Waals surface area contributed by atoms with E-state index in [2.05, 4.69) is 13.8 Å². The van der Waals surface area contributed by atoms with Crippen molar-refractivity contribution in [3.05, 3.63) is 0 Å². The summed E-state index contributed by atoms with van der Waals surface area (Å²) in [7, 11) is 0. The zero-order chi connectivity index (χ0) is 10.9. The first-order valence-electron chi connectivity index (χ1n) is 7.29. The average Bonchev–Trinajstić information content (AvgIpc) is 2.68. The molecule has 0 unspecified atom stereocenters. The quantitative estimate of drug-likeness (QED) is 0.460. The Morgan fingerprint density at radius 3 is 2.13 bits per heavy atom. The van der Waals surface area contributed by atoms with Crippen molar-refractivity contribution in [2.24, 2.45) is 11.8 Å². The minimum atomic E-state index is 0.906. The van der Waals surface area contributed by atoms with Gasteiger partial charge in [-0.25, -0.2) is 0 Å². The summed E-state index contributed by atoms with van der Waals surface area (Å²) in [6.45, 7) is 4.67. The zero-order valence-electron chi connectivity index (χ0n) is 10.9. The van der Waals surface area contributed by atoms with Gasteiger partial charge in [-0.1, -0.05) is 84.5 Å². The molecule has 0 saturated heterocycles. The smallest absolute Gasteiger partial charge is 0.0414 e. The standard InChI is InChI=1S/C15H30/c1-14(2)10-6-4-3-5-7-11-15-12-8-9-13-15/h14-15H,3-13H2,1-2H3. The van der Waals surface area contributed by atoms with Crippen molar-refractivity contribution in [3.8, 4) is 0 Å². The van der Waals surface area contributed by atoms with E-state index in [4.69, 9.17) is 0 Å². The number of rotatable bonds is 8. The fourth-order valence-corrected chi connectivity index (χ4v) is 2.81. The predicted octanol–water partition coefficient (Wildman–Crippen LogP) is 5.56. The highest BCUT2D eigenvalue weighted by molar-refractivity contribution is 4.66. The molecule has 1 aliphatic carbocycles. The van der Waals surface area contributed by atoms with Gasteiger partial charge >= 0.3 is 0 Å². The summed E-state index contributed by atoms with van der Waals surface area (Å²) >= 11 is 0. The lowest BCUT2D eigenvalue weighted by molar-refractivity contribution is 0.455. The van der Waals surface area contributed by atoms with E-state index in [1.165, 1.54) is 70.6 Å². The normalized spacial score (nSPS) is 17.8. The van der Waals surface area contributed by atoms with E-state index in [9.17, 15) is 0 Å². The van der Waals surface area contributed by atoms with Gasteiger partial charge < -0.3 is 0 Å². The van der Waals surface area contributed by atoms with Gasteiger partial charge in [0.15, 0.2) is 0 Å². The molecule has 0 heterocycles. The SMILES string of the molecule is CC(C)CCCCCCCC1CCCC1. The van der Waals surface area contributed by atoms with Crippen LogP contribution in [0.15, 0.2) is 0 Å². The van der Waals surface area contributed by atoms with Crippen LogP contribution in [0.25, 0.3) is 0 Å². The molecular formula is C15H30. The second-order valence-corrected chi connectivity index (χ2v) is 5.89. The van der Waals surface area contributed by atoms with Crippen LogP contribution in [0.5, 0.6) is 0 Å². The van der Waals surface area contributed by atoms with Gasteiger partial charge in [0.05, 0.1) is 0 Å². The largest absolute Gasteiger partial charge is 0.0628 e. The maximum atomic E-state index is 2.33. The zero-order valence-corrected chi connectivity index (χ0v) is 10.9. The minimum Gasteiger partial charge on any atom is -0.0628 e. The highest BCUT2D eigenvalue weighted by atomic mass is 14.2. The third-order valence-corrected chi connectivity index (χ3v) is 3.87. The first-order chi connectivity index (χ1) is 7.29. The Balaban J connectivity index is 1.76. The third kappa shape index (κ3) is 6.98. The highest BCUT2D eigenvalue weighted by Crippen LogP contribution is 2.29. The molecule has 0 aromatic carbocycles. The second-order valence-electron chi connectivity index (χ2n) is 5.89. The van der Waals surface area contributed by atoms with Gasteiger partial charge in [0.25, 0.3) is 0 Å². The van der Waals surface area contributed by atoms with Gasteiger partial charge in [-0.3, -0.25) is 0 Å². The van der Waals surface area contributed by atoms with Gasteiger partial charge in [0, 0.05) is 0 Å². The molecule has 0 radical (unpaired) electrons. The van der Waals surface area contributed by atoms with Gasteiger partial charge in [0.1, 0.15) is 0 Å². The summed E-state index contributed by atoms with van der Waals surface area (Å²) in [6.07, 6.45) is 16.5. The van der Waals surface area contributed by atoms with Gasteiger partial charge in [-0.2, -0.15) is 0 Å². The lowest BCUT2D eigenvalue weighted by atomic mass is 9.98. The Morgan fingerprint density at radius 2 is 1.47 bits per heavy atom. The Kier molecular flexibility index (Phi) is 7.13. The van der Waals surface area contributed by atoms with Gasteiger partial charge in [0.2, 0.25) is 0 Å². The first-order valence-corrected chi connectivity index (χ1v) is 7.29. The fourth-order valence-electron chi connectivity index (χ4n) is 2.81. The van der Waals surface area contributed by atoms with Crippen molar-refractivity contribution in [2.45, 2.75) is 84.5 Å². The van der Waals surface area contributed by atoms with Crippen LogP contribution >= 0.6 is 0 Å². The monoisotopic (exact) mass is 210 g/mol. The minimum absolute atomic E-state index is 0.906. The molecule has 0 N–H and O–H groups in total. The average molecular weight is 210 g/mol. The van der Waals surface area contributed by atoms with E-state index in [1.807, 2.05) is 0 Å². The van der Waals surface area contributed by atoms with Crippen molar-refractivity contribution in [1.82, 2.24) is 0 Å². The van der Waals surface area contributed by atoms with Crippen molar-refractivity contribution >= 4 is 0 Å². The summed E-state index contributed by atoms with van der Waals surface area (Å²) in [5, 5.41) is 0. The highest BCUT2D eigenvalue weighted by Gasteiger charge is 2.13. The van der Waals surface area contributed by atoms with E-state index in [0.717, 1.165) is 11.8 Å². The van der Waals surface area contributed by atoms with E-state index in [-0.39, 0.29) is 0 Å². The van der Waals surface area contributed by atoms with Gasteiger partial charge in [-0.15, -0.1) is 0 Å². The Bertz CT molecular complexity index is 131. The van der Waals surface area contributed by atoms with Crippen LogP contribution in [0.3, 0.4) is 0 Å². The molecule has 0 atom stereocenters. The maximum absolute atomic E-state index is 2.33. The van der Waals surface area contributed by atoms with E-state index in [0.29, 0.717) is 0 Å². The van der Waals surface area contributed by atoms with Crippen LogP contribution < -0.4 is 0 Å². The van der Waals surface area contributed by atoms with Crippen LogP contribution in [0.4, 0.5) is 0 Å². The van der Waals surface area contributed by atoms with Gasteiger partial charge in [-0.05, 0) is 11.8 Å².